The molecule has 3 aromatic rings. The van der Waals surface area contributed by atoms with E-state index in [0.717, 1.165) is 79.5 Å². The first-order chi connectivity index (χ1) is 17.8. The fourth-order valence-corrected chi connectivity index (χ4v) is 6.33. The summed E-state index contributed by atoms with van der Waals surface area (Å²) in [5.41, 5.74) is 10.1. The zero-order valence-electron chi connectivity index (χ0n) is 22.4. The number of phenolic OH excluding ortho intramolecular Hbond substituents is 1. The molecule has 220 valence electrons. The first kappa shape index (κ1) is 34.7. The maximum atomic E-state index is 12.6. The summed E-state index contributed by atoms with van der Waals surface area (Å²) < 4.78 is 0. The maximum Gasteiger partial charge on any atom is 0.163 e. The number of anilines is 1. The Bertz CT molecular complexity index is 1290. The quantitative estimate of drug-likeness (QED) is 0.236. The van der Waals surface area contributed by atoms with Crippen LogP contribution in [0.3, 0.4) is 0 Å². The molecule has 2 heterocycles. The van der Waals surface area contributed by atoms with Crippen molar-refractivity contribution in [1.82, 2.24) is 9.88 Å². The predicted molar refractivity (Wildman–Crippen MR) is 174 cm³/mol. The van der Waals surface area contributed by atoms with E-state index in [2.05, 4.69) is 15.2 Å². The van der Waals surface area contributed by atoms with Crippen molar-refractivity contribution in [3.05, 3.63) is 52.1 Å². The minimum Gasteiger partial charge on any atom is -0.505 e. The molecule has 1 saturated heterocycles. The third-order valence-corrected chi connectivity index (χ3v) is 8.43. The second kappa shape index (κ2) is 15.1. The zero-order valence-corrected chi connectivity index (χ0v) is 26.3. The number of pyridine rings is 1. The molecule has 0 radical (unpaired) electrons. The van der Waals surface area contributed by atoms with Crippen molar-refractivity contribution in [1.29, 1.82) is 0 Å². The van der Waals surface area contributed by atoms with Crippen LogP contribution in [0.2, 0.25) is 10.0 Å². The molecule has 6 nitrogen and oxygen atoms in total. The highest BCUT2D eigenvalue weighted by Gasteiger charge is 2.26. The number of halogens is 5. The van der Waals surface area contributed by atoms with Gasteiger partial charge in [0.15, 0.2) is 11.5 Å². The van der Waals surface area contributed by atoms with Crippen LogP contribution >= 0.6 is 60.4 Å². The molecule has 1 atom stereocenters. The minimum atomic E-state index is -0.130. The van der Waals surface area contributed by atoms with E-state index in [1.165, 1.54) is 6.42 Å². The molecule has 0 spiro atoms. The lowest BCUT2D eigenvalue weighted by atomic mass is 9.85. The zero-order chi connectivity index (χ0) is 26.1. The van der Waals surface area contributed by atoms with Crippen molar-refractivity contribution >= 4 is 82.8 Å². The standard InChI is InChI=1S/C29H34Cl2N4O2.3ClH/c1-17(36)24-14-33-27-9-6-19(20-12-25(30)29(37)26(31)13-20)11-23(27)28(24)34-22-7-4-18(5-8-22)15-35-10-2-3-21(32)16-35;;;/h6,9,11-14,18,21-22,37H,2-5,7-8,10,15-16,32H2,1H3,(H,33,34);3*1H. The van der Waals surface area contributed by atoms with Crippen LogP contribution in [0, 0.1) is 5.92 Å². The summed E-state index contributed by atoms with van der Waals surface area (Å²) in [6.07, 6.45) is 8.47. The van der Waals surface area contributed by atoms with Gasteiger partial charge in [0.1, 0.15) is 0 Å². The summed E-state index contributed by atoms with van der Waals surface area (Å²) in [7, 11) is 0. The van der Waals surface area contributed by atoms with E-state index in [1.807, 2.05) is 18.2 Å². The summed E-state index contributed by atoms with van der Waals surface area (Å²) in [5, 5.41) is 15.0. The van der Waals surface area contributed by atoms with Gasteiger partial charge < -0.3 is 21.1 Å². The van der Waals surface area contributed by atoms with E-state index in [1.54, 1.807) is 25.3 Å². The number of phenols is 1. The number of rotatable bonds is 6. The molecule has 2 aromatic carbocycles. The van der Waals surface area contributed by atoms with Crippen LogP contribution in [0.4, 0.5) is 5.69 Å². The lowest BCUT2D eigenvalue weighted by Gasteiger charge is -2.36. The molecule has 1 aliphatic carbocycles. The van der Waals surface area contributed by atoms with Crippen molar-refractivity contribution in [2.75, 3.05) is 25.0 Å². The summed E-state index contributed by atoms with van der Waals surface area (Å²) in [5.74, 6) is 0.544. The van der Waals surface area contributed by atoms with Gasteiger partial charge in [-0.15, -0.1) is 37.2 Å². The van der Waals surface area contributed by atoms with E-state index in [4.69, 9.17) is 28.9 Å². The van der Waals surface area contributed by atoms with Crippen LogP contribution in [-0.2, 0) is 0 Å². The number of carbonyl (C=O) groups is 1. The topological polar surface area (TPSA) is 91.5 Å². The van der Waals surface area contributed by atoms with Gasteiger partial charge in [-0.2, -0.15) is 0 Å². The molecule has 4 N–H and O–H groups in total. The number of piperidine rings is 1. The first-order valence-electron chi connectivity index (χ1n) is 13.1. The van der Waals surface area contributed by atoms with Crippen molar-refractivity contribution in [2.45, 2.75) is 57.5 Å². The van der Waals surface area contributed by atoms with E-state index >= 15 is 0 Å². The van der Waals surface area contributed by atoms with Crippen LogP contribution in [0.1, 0.15) is 55.8 Å². The Kier molecular flexibility index (Phi) is 13.1. The highest BCUT2D eigenvalue weighted by Crippen LogP contribution is 2.39. The number of nitrogens with two attached hydrogens (primary N) is 1. The smallest absolute Gasteiger partial charge is 0.163 e. The molecule has 2 aliphatic rings. The van der Waals surface area contributed by atoms with E-state index < -0.39 is 0 Å². The normalized spacial score (nSPS) is 21.1. The highest BCUT2D eigenvalue weighted by molar-refractivity contribution is 6.37. The van der Waals surface area contributed by atoms with Crippen LogP contribution in [-0.4, -0.2) is 52.5 Å². The minimum absolute atomic E-state index is 0. The van der Waals surface area contributed by atoms with E-state index in [-0.39, 0.29) is 58.8 Å². The number of benzene rings is 2. The molecular formula is C29H37Cl5N4O2. The number of aromatic hydroxyl groups is 1. The first-order valence-corrected chi connectivity index (χ1v) is 13.9. The van der Waals surface area contributed by atoms with Gasteiger partial charge in [-0.25, -0.2) is 0 Å². The number of nitrogens with one attached hydrogen (secondary N) is 1. The molecule has 2 fully saturated rings. The van der Waals surface area contributed by atoms with Crippen LogP contribution < -0.4 is 11.1 Å². The number of ketones is 1. The molecular weight excluding hydrogens is 614 g/mol. The summed E-state index contributed by atoms with van der Waals surface area (Å²) >= 11 is 12.4. The summed E-state index contributed by atoms with van der Waals surface area (Å²) in [6.45, 7) is 4.90. The number of likely N-dealkylation sites (tertiary alicyclic amines) is 1. The highest BCUT2D eigenvalue weighted by atomic mass is 35.5. The number of hydrogen-bond acceptors (Lipinski definition) is 6. The lowest BCUT2D eigenvalue weighted by molar-refractivity contribution is 0.101. The van der Waals surface area contributed by atoms with Gasteiger partial charge in [-0.1, -0.05) is 29.3 Å². The van der Waals surface area contributed by atoms with Gasteiger partial charge in [-0.3, -0.25) is 9.78 Å². The van der Waals surface area contributed by atoms with Gasteiger partial charge in [0, 0.05) is 36.8 Å². The summed E-state index contributed by atoms with van der Waals surface area (Å²) in [4.78, 5) is 19.7. The second-order valence-electron chi connectivity index (χ2n) is 10.6. The van der Waals surface area contributed by atoms with Gasteiger partial charge >= 0.3 is 0 Å². The van der Waals surface area contributed by atoms with Crippen molar-refractivity contribution < 1.29 is 9.90 Å². The molecule has 1 aromatic heterocycles. The predicted octanol–water partition coefficient (Wildman–Crippen LogP) is 7.78. The number of carbonyl (C=O) groups excluding carboxylic acids is 1. The summed E-state index contributed by atoms with van der Waals surface area (Å²) in [6, 6.07) is 9.89. The molecule has 5 rings (SSSR count). The molecule has 40 heavy (non-hydrogen) atoms. The maximum absolute atomic E-state index is 12.6. The molecule has 1 saturated carbocycles. The fourth-order valence-electron chi connectivity index (χ4n) is 5.84. The van der Waals surface area contributed by atoms with Crippen LogP contribution in [0.25, 0.3) is 22.0 Å². The Balaban J connectivity index is 0.00000187. The third kappa shape index (κ3) is 7.86. The molecule has 1 unspecified atom stereocenters. The lowest BCUT2D eigenvalue weighted by Crippen LogP contribution is -2.45. The van der Waals surface area contributed by atoms with Gasteiger partial charge in [0.25, 0.3) is 0 Å². The number of nitrogens with zero attached hydrogens (tertiary/aromatic N) is 2. The van der Waals surface area contributed by atoms with Crippen molar-refractivity contribution in [2.24, 2.45) is 11.7 Å². The SMILES string of the molecule is CC(=O)c1cnc2ccc(-c3cc(Cl)c(O)c(Cl)c3)cc2c1NC1CCC(CN2CCCC(N)C2)CC1.Cl.Cl.Cl. The third-order valence-electron chi connectivity index (χ3n) is 7.85. The Morgan fingerprint density at radius 3 is 2.35 bits per heavy atom. The number of aromatic nitrogens is 1. The Morgan fingerprint density at radius 1 is 1.05 bits per heavy atom. The van der Waals surface area contributed by atoms with Gasteiger partial charge in [0.2, 0.25) is 0 Å². The van der Waals surface area contributed by atoms with Crippen molar-refractivity contribution in [3.63, 3.8) is 0 Å². The van der Waals surface area contributed by atoms with Crippen LogP contribution in [0.15, 0.2) is 36.5 Å². The Labute approximate surface area is 264 Å². The Hall–Kier alpha value is -1.51. The average molecular weight is 651 g/mol. The molecule has 0 bridgehead atoms. The number of fused-ring (bicyclic) bond motifs is 1. The van der Waals surface area contributed by atoms with Gasteiger partial charge in [-0.05, 0) is 93.3 Å². The largest absolute Gasteiger partial charge is 0.505 e. The molecule has 0 amide bonds. The average Bonchev–Trinajstić information content (AvgIpc) is 2.88. The van der Waals surface area contributed by atoms with Crippen LogP contribution in [0.5, 0.6) is 5.75 Å². The molecule has 11 heteroatoms. The van der Waals surface area contributed by atoms with E-state index in [0.29, 0.717) is 23.6 Å². The second-order valence-corrected chi connectivity index (χ2v) is 11.5. The number of hydrogen-bond donors (Lipinski definition) is 3. The molecule has 1 aliphatic heterocycles. The monoisotopic (exact) mass is 648 g/mol. The fraction of sp³-hybridized carbons (Fsp3) is 0.448. The number of Topliss-reactive ketones (excluding diaryl/α,β-unsaturated/α-hetero) is 1. The van der Waals surface area contributed by atoms with E-state index in [9.17, 15) is 9.90 Å². The Morgan fingerprint density at radius 2 is 1.73 bits per heavy atom. The van der Waals surface area contributed by atoms with Crippen molar-refractivity contribution in [3.8, 4) is 16.9 Å². The van der Waals surface area contributed by atoms with Gasteiger partial charge in [0.05, 0.1) is 26.8 Å².